The largest absolute Gasteiger partial charge is 0.473 e. The Kier molecular flexibility index (Phi) is 5.38. The van der Waals surface area contributed by atoms with Crippen LogP contribution in [0, 0.1) is 0 Å². The molecule has 1 saturated heterocycles. The smallest absolute Gasteiger partial charge is 0.237 e. The van der Waals surface area contributed by atoms with Gasteiger partial charge in [-0.15, -0.1) is 0 Å². The SMILES string of the molecule is CN(CC(=O)N1CCC(Oc2cnc3ccccc3n2)CC1)S(C)(=O)=O. The van der Waals surface area contributed by atoms with Gasteiger partial charge < -0.3 is 9.64 Å². The molecule has 1 aliphatic heterocycles. The first kappa shape index (κ1) is 18.5. The van der Waals surface area contributed by atoms with Gasteiger partial charge in [0.05, 0.1) is 30.0 Å². The Morgan fingerprint density at radius 2 is 1.92 bits per heavy atom. The maximum atomic E-state index is 12.2. The van der Waals surface area contributed by atoms with E-state index in [2.05, 4.69) is 9.97 Å². The number of fused-ring (bicyclic) bond motifs is 1. The number of aromatic nitrogens is 2. The predicted octanol–water partition coefficient (Wildman–Crippen LogP) is 0.891. The van der Waals surface area contributed by atoms with Crippen molar-refractivity contribution in [1.29, 1.82) is 0 Å². The van der Waals surface area contributed by atoms with E-state index in [9.17, 15) is 13.2 Å². The van der Waals surface area contributed by atoms with Gasteiger partial charge in [-0.2, -0.15) is 4.31 Å². The van der Waals surface area contributed by atoms with Gasteiger partial charge in [-0.1, -0.05) is 12.1 Å². The van der Waals surface area contributed by atoms with E-state index in [4.69, 9.17) is 4.74 Å². The number of amides is 1. The molecular weight excluding hydrogens is 356 g/mol. The Morgan fingerprint density at radius 1 is 1.27 bits per heavy atom. The highest BCUT2D eigenvalue weighted by Gasteiger charge is 2.26. The maximum Gasteiger partial charge on any atom is 0.237 e. The lowest BCUT2D eigenvalue weighted by molar-refractivity contribution is -0.133. The molecule has 1 fully saturated rings. The summed E-state index contributed by atoms with van der Waals surface area (Å²) in [6.45, 7) is 0.921. The predicted molar refractivity (Wildman–Crippen MR) is 97.2 cm³/mol. The molecule has 26 heavy (non-hydrogen) atoms. The molecule has 0 bridgehead atoms. The van der Waals surface area contributed by atoms with Crippen molar-refractivity contribution < 1.29 is 17.9 Å². The Bertz CT molecular complexity index is 895. The molecule has 2 aromatic rings. The highest BCUT2D eigenvalue weighted by Crippen LogP contribution is 2.19. The molecule has 2 heterocycles. The molecule has 0 spiro atoms. The Balaban J connectivity index is 1.54. The fourth-order valence-electron chi connectivity index (χ4n) is 2.80. The van der Waals surface area contributed by atoms with Crippen molar-refractivity contribution >= 4 is 27.0 Å². The van der Waals surface area contributed by atoms with Gasteiger partial charge in [-0.05, 0) is 12.1 Å². The van der Waals surface area contributed by atoms with Crippen LogP contribution in [0.5, 0.6) is 5.88 Å². The van der Waals surface area contributed by atoms with Crippen molar-refractivity contribution in [3.63, 3.8) is 0 Å². The van der Waals surface area contributed by atoms with Gasteiger partial charge in [-0.3, -0.25) is 4.79 Å². The van der Waals surface area contributed by atoms with E-state index in [1.54, 1.807) is 11.1 Å². The molecule has 0 unspecified atom stereocenters. The summed E-state index contributed by atoms with van der Waals surface area (Å²) in [5.74, 6) is 0.284. The van der Waals surface area contributed by atoms with Crippen LogP contribution in [-0.2, 0) is 14.8 Å². The van der Waals surface area contributed by atoms with Crippen molar-refractivity contribution in [1.82, 2.24) is 19.2 Å². The van der Waals surface area contributed by atoms with Crippen molar-refractivity contribution in [3.8, 4) is 5.88 Å². The number of ether oxygens (including phenoxy) is 1. The zero-order chi connectivity index (χ0) is 18.7. The molecular formula is C17H22N4O4S. The number of rotatable bonds is 5. The first-order chi connectivity index (χ1) is 12.3. The number of para-hydroxylation sites is 2. The highest BCUT2D eigenvalue weighted by molar-refractivity contribution is 7.88. The summed E-state index contributed by atoms with van der Waals surface area (Å²) in [6, 6.07) is 7.59. The molecule has 0 radical (unpaired) electrons. The third kappa shape index (κ3) is 4.47. The number of nitrogens with zero attached hydrogens (tertiary/aromatic N) is 4. The van der Waals surface area contributed by atoms with Gasteiger partial charge in [0.2, 0.25) is 21.8 Å². The second-order valence-electron chi connectivity index (χ2n) is 6.41. The molecule has 9 heteroatoms. The molecule has 140 valence electrons. The van der Waals surface area contributed by atoms with Gasteiger partial charge in [0.25, 0.3) is 0 Å². The number of likely N-dealkylation sites (N-methyl/N-ethyl adjacent to an activating group) is 1. The van der Waals surface area contributed by atoms with Crippen LogP contribution in [0.1, 0.15) is 12.8 Å². The third-order valence-electron chi connectivity index (χ3n) is 4.43. The Morgan fingerprint density at radius 3 is 2.58 bits per heavy atom. The average Bonchev–Trinajstić information content (AvgIpc) is 2.61. The van der Waals surface area contributed by atoms with Crippen molar-refractivity contribution in [2.24, 2.45) is 0 Å². The Labute approximate surface area is 152 Å². The standard InChI is InChI=1S/C17H22N4O4S/c1-20(26(2,23)24)12-17(22)21-9-7-13(8-10-21)25-16-11-18-14-5-3-4-6-15(14)19-16/h3-6,11,13H,7-10,12H2,1-2H3. The molecule has 8 nitrogen and oxygen atoms in total. The third-order valence-corrected chi connectivity index (χ3v) is 5.69. The molecule has 0 N–H and O–H groups in total. The molecule has 1 aromatic heterocycles. The quantitative estimate of drug-likeness (QED) is 0.767. The summed E-state index contributed by atoms with van der Waals surface area (Å²) in [5, 5.41) is 0. The number of piperidine rings is 1. The molecule has 1 aliphatic rings. The van der Waals surface area contributed by atoms with E-state index < -0.39 is 10.0 Å². The number of carbonyl (C=O) groups is 1. The molecule has 1 amide bonds. The maximum absolute atomic E-state index is 12.2. The van der Waals surface area contributed by atoms with E-state index in [0.29, 0.717) is 31.8 Å². The number of carbonyl (C=O) groups excluding carboxylic acids is 1. The van der Waals surface area contributed by atoms with Crippen LogP contribution in [-0.4, -0.2) is 72.5 Å². The topological polar surface area (TPSA) is 92.7 Å². The molecule has 1 aromatic carbocycles. The summed E-state index contributed by atoms with van der Waals surface area (Å²) in [6.07, 6.45) is 4.00. The summed E-state index contributed by atoms with van der Waals surface area (Å²) in [7, 11) is -1.96. The van der Waals surface area contributed by atoms with Crippen LogP contribution in [0.4, 0.5) is 0 Å². The van der Waals surface area contributed by atoms with Crippen LogP contribution >= 0.6 is 0 Å². The van der Waals surface area contributed by atoms with Gasteiger partial charge in [0.15, 0.2) is 0 Å². The zero-order valence-corrected chi connectivity index (χ0v) is 15.6. The fraction of sp³-hybridized carbons (Fsp3) is 0.471. The lowest BCUT2D eigenvalue weighted by atomic mass is 10.1. The molecule has 0 saturated carbocycles. The number of hydrogen-bond acceptors (Lipinski definition) is 6. The minimum Gasteiger partial charge on any atom is -0.473 e. The summed E-state index contributed by atoms with van der Waals surface area (Å²) < 4.78 is 29.8. The number of sulfonamides is 1. The zero-order valence-electron chi connectivity index (χ0n) is 14.8. The van der Waals surface area contributed by atoms with E-state index in [-0.39, 0.29) is 18.6 Å². The van der Waals surface area contributed by atoms with Crippen LogP contribution in [0.3, 0.4) is 0 Å². The van der Waals surface area contributed by atoms with Gasteiger partial charge >= 0.3 is 0 Å². The van der Waals surface area contributed by atoms with Crippen molar-refractivity contribution in [2.75, 3.05) is 32.9 Å². The lowest BCUT2D eigenvalue weighted by Gasteiger charge is -2.32. The highest BCUT2D eigenvalue weighted by atomic mass is 32.2. The van der Waals surface area contributed by atoms with Crippen LogP contribution < -0.4 is 4.74 Å². The monoisotopic (exact) mass is 378 g/mol. The van der Waals surface area contributed by atoms with Gasteiger partial charge in [0, 0.05) is 33.0 Å². The second-order valence-corrected chi connectivity index (χ2v) is 8.50. The minimum absolute atomic E-state index is 0.0397. The lowest BCUT2D eigenvalue weighted by Crippen LogP contribution is -2.46. The number of benzene rings is 1. The summed E-state index contributed by atoms with van der Waals surface area (Å²) >= 11 is 0. The number of likely N-dealkylation sites (tertiary alicyclic amines) is 1. The van der Waals surface area contributed by atoms with Gasteiger partial charge in [0.1, 0.15) is 6.10 Å². The first-order valence-corrected chi connectivity index (χ1v) is 10.3. The van der Waals surface area contributed by atoms with Crippen molar-refractivity contribution in [3.05, 3.63) is 30.5 Å². The first-order valence-electron chi connectivity index (χ1n) is 8.40. The number of hydrogen-bond donors (Lipinski definition) is 0. The second kappa shape index (κ2) is 7.55. The molecule has 0 aliphatic carbocycles. The van der Waals surface area contributed by atoms with Crippen LogP contribution in [0.2, 0.25) is 0 Å². The normalized spacial score (nSPS) is 16.2. The van der Waals surface area contributed by atoms with E-state index >= 15 is 0 Å². The Hall–Kier alpha value is -2.26. The minimum atomic E-state index is -3.36. The molecule has 3 rings (SSSR count). The van der Waals surface area contributed by atoms with E-state index in [1.807, 2.05) is 24.3 Å². The van der Waals surface area contributed by atoms with E-state index in [0.717, 1.165) is 21.6 Å². The summed E-state index contributed by atoms with van der Waals surface area (Å²) in [5.41, 5.74) is 1.59. The van der Waals surface area contributed by atoms with Crippen molar-refractivity contribution in [2.45, 2.75) is 18.9 Å². The fourth-order valence-corrected chi connectivity index (χ4v) is 3.14. The van der Waals surface area contributed by atoms with E-state index in [1.165, 1.54) is 7.05 Å². The average molecular weight is 378 g/mol. The summed E-state index contributed by atoms with van der Waals surface area (Å²) in [4.78, 5) is 22.7. The van der Waals surface area contributed by atoms with Gasteiger partial charge in [-0.25, -0.2) is 18.4 Å². The van der Waals surface area contributed by atoms with Crippen LogP contribution in [0.15, 0.2) is 30.5 Å². The van der Waals surface area contributed by atoms with Crippen LogP contribution in [0.25, 0.3) is 11.0 Å². The molecule has 0 atom stereocenters.